The van der Waals surface area contributed by atoms with Gasteiger partial charge in [0.15, 0.2) is 5.65 Å². The van der Waals surface area contributed by atoms with Crippen molar-refractivity contribution in [2.75, 3.05) is 13.0 Å². The smallest absolute Gasteiger partial charge is 0.159 e. The van der Waals surface area contributed by atoms with E-state index < -0.39 is 0 Å². The van der Waals surface area contributed by atoms with Crippen LogP contribution < -0.4 is 0 Å². The Morgan fingerprint density at radius 1 is 1.42 bits per heavy atom. The molecule has 5 nitrogen and oxygen atoms in total. The minimum absolute atomic E-state index is 0.131. The lowest BCUT2D eigenvalue weighted by Gasteiger charge is -2.14. The maximum Gasteiger partial charge on any atom is 0.159 e. The largest absolute Gasteiger partial charge is 0.380 e. The lowest BCUT2D eigenvalue weighted by atomic mass is 10.3. The highest BCUT2D eigenvalue weighted by molar-refractivity contribution is 6.17. The Bertz CT molecular complexity index is 560. The Balaban J connectivity index is 2.56. The number of methoxy groups -OCH3 is 1. The van der Waals surface area contributed by atoms with Crippen molar-refractivity contribution in [1.82, 2.24) is 19.3 Å². The van der Waals surface area contributed by atoms with Gasteiger partial charge in [0.2, 0.25) is 0 Å². The van der Waals surface area contributed by atoms with Crippen molar-refractivity contribution in [1.29, 1.82) is 0 Å². The number of fused-ring (bicyclic) bond motifs is 1. The van der Waals surface area contributed by atoms with Crippen molar-refractivity contribution >= 4 is 22.8 Å². The van der Waals surface area contributed by atoms with Gasteiger partial charge >= 0.3 is 0 Å². The Labute approximate surface area is 118 Å². The van der Waals surface area contributed by atoms with Gasteiger partial charge in [0.25, 0.3) is 0 Å². The van der Waals surface area contributed by atoms with Crippen molar-refractivity contribution in [2.24, 2.45) is 0 Å². The summed E-state index contributed by atoms with van der Waals surface area (Å²) in [5.41, 5.74) is 3.02. The zero-order valence-electron chi connectivity index (χ0n) is 12.0. The molecule has 0 saturated heterocycles. The van der Waals surface area contributed by atoms with Crippen LogP contribution >= 0.6 is 11.6 Å². The first kappa shape index (κ1) is 14.3. The van der Waals surface area contributed by atoms with Crippen LogP contribution in [-0.4, -0.2) is 38.4 Å². The molecule has 0 amide bonds. The van der Waals surface area contributed by atoms with E-state index in [-0.39, 0.29) is 6.10 Å². The predicted molar refractivity (Wildman–Crippen MR) is 76.8 cm³/mol. The Morgan fingerprint density at radius 3 is 2.74 bits per heavy atom. The standard InChI is InChI=1S/C13H21ClN4O/c1-5-18-13-12(10(3)16-18)15-11(6-7-14)17(13)8-9(2)19-4/h9H,5-8H2,1-4H3. The van der Waals surface area contributed by atoms with Gasteiger partial charge in [-0.05, 0) is 20.8 Å². The quantitative estimate of drug-likeness (QED) is 0.765. The van der Waals surface area contributed by atoms with Crippen LogP contribution in [0.3, 0.4) is 0 Å². The molecular weight excluding hydrogens is 264 g/mol. The Hall–Kier alpha value is -1.07. The van der Waals surface area contributed by atoms with Crippen molar-refractivity contribution < 1.29 is 4.74 Å². The van der Waals surface area contributed by atoms with Gasteiger partial charge in [-0.1, -0.05) is 0 Å². The fourth-order valence-corrected chi connectivity index (χ4v) is 2.46. The van der Waals surface area contributed by atoms with E-state index in [9.17, 15) is 0 Å². The fraction of sp³-hybridized carbons (Fsp3) is 0.692. The molecule has 0 saturated carbocycles. The Morgan fingerprint density at radius 2 is 2.16 bits per heavy atom. The molecule has 0 aliphatic carbocycles. The lowest BCUT2D eigenvalue weighted by molar-refractivity contribution is 0.103. The van der Waals surface area contributed by atoms with Gasteiger partial charge in [0.05, 0.1) is 18.3 Å². The van der Waals surface area contributed by atoms with E-state index in [2.05, 4.69) is 23.5 Å². The summed E-state index contributed by atoms with van der Waals surface area (Å²) in [5.74, 6) is 1.58. The minimum Gasteiger partial charge on any atom is -0.380 e. The molecule has 1 unspecified atom stereocenters. The van der Waals surface area contributed by atoms with E-state index in [0.29, 0.717) is 5.88 Å². The van der Waals surface area contributed by atoms with Crippen molar-refractivity contribution in [3.8, 4) is 0 Å². The first-order chi connectivity index (χ1) is 9.12. The normalized spacial score (nSPS) is 13.3. The van der Waals surface area contributed by atoms with Gasteiger partial charge in [0, 0.05) is 26.0 Å². The van der Waals surface area contributed by atoms with E-state index in [0.717, 1.165) is 42.2 Å². The second kappa shape index (κ2) is 5.92. The molecule has 0 radical (unpaired) electrons. The molecular formula is C13H21ClN4O. The number of imidazole rings is 1. The zero-order valence-corrected chi connectivity index (χ0v) is 12.7. The van der Waals surface area contributed by atoms with Gasteiger partial charge in [-0.15, -0.1) is 11.6 Å². The number of aryl methyl sites for hydroxylation is 3. The van der Waals surface area contributed by atoms with Gasteiger partial charge in [-0.3, -0.25) is 0 Å². The summed E-state index contributed by atoms with van der Waals surface area (Å²) in [5, 5.41) is 4.52. The number of aromatic nitrogens is 4. The maximum absolute atomic E-state index is 5.88. The molecule has 106 valence electrons. The molecule has 2 aromatic heterocycles. The number of hydrogen-bond acceptors (Lipinski definition) is 3. The number of alkyl halides is 1. The Kier molecular flexibility index (Phi) is 4.47. The van der Waals surface area contributed by atoms with E-state index in [4.69, 9.17) is 21.3 Å². The molecule has 1 atom stereocenters. The van der Waals surface area contributed by atoms with E-state index in [1.54, 1.807) is 7.11 Å². The van der Waals surface area contributed by atoms with Crippen LogP contribution in [0.25, 0.3) is 11.2 Å². The highest BCUT2D eigenvalue weighted by Gasteiger charge is 2.19. The number of nitrogens with zero attached hydrogens (tertiary/aromatic N) is 4. The summed E-state index contributed by atoms with van der Waals surface area (Å²) in [6.45, 7) is 7.73. The van der Waals surface area contributed by atoms with Crippen LogP contribution in [0.5, 0.6) is 0 Å². The summed E-state index contributed by atoms with van der Waals surface area (Å²) < 4.78 is 9.56. The topological polar surface area (TPSA) is 44.9 Å². The molecule has 2 heterocycles. The molecule has 2 aromatic rings. The predicted octanol–water partition coefficient (Wildman–Crippen LogP) is 2.38. The van der Waals surface area contributed by atoms with Gasteiger partial charge in [-0.2, -0.15) is 5.10 Å². The van der Waals surface area contributed by atoms with Gasteiger partial charge in [-0.25, -0.2) is 9.67 Å². The molecule has 6 heteroatoms. The van der Waals surface area contributed by atoms with E-state index >= 15 is 0 Å². The highest BCUT2D eigenvalue weighted by atomic mass is 35.5. The number of halogens is 1. The van der Waals surface area contributed by atoms with E-state index in [1.807, 2.05) is 11.6 Å². The zero-order chi connectivity index (χ0) is 14.0. The van der Waals surface area contributed by atoms with Crippen molar-refractivity contribution in [3.63, 3.8) is 0 Å². The molecule has 2 rings (SSSR count). The lowest BCUT2D eigenvalue weighted by Crippen LogP contribution is -2.18. The highest BCUT2D eigenvalue weighted by Crippen LogP contribution is 2.21. The summed E-state index contributed by atoms with van der Waals surface area (Å²) in [6.07, 6.45) is 0.891. The van der Waals surface area contributed by atoms with Crippen LogP contribution in [0.2, 0.25) is 0 Å². The van der Waals surface area contributed by atoms with Crippen molar-refractivity contribution in [2.45, 2.75) is 46.4 Å². The number of ether oxygens (including phenoxy) is 1. The van der Waals surface area contributed by atoms with Crippen LogP contribution in [0.15, 0.2) is 0 Å². The van der Waals surface area contributed by atoms with Crippen LogP contribution in [0.1, 0.15) is 25.4 Å². The number of rotatable bonds is 6. The molecule has 0 fully saturated rings. The number of hydrogen-bond donors (Lipinski definition) is 0. The summed E-state index contributed by atoms with van der Waals surface area (Å²) in [7, 11) is 1.72. The molecule has 0 aliphatic rings. The summed E-state index contributed by atoms with van der Waals surface area (Å²) >= 11 is 5.88. The van der Waals surface area contributed by atoms with Crippen molar-refractivity contribution in [3.05, 3.63) is 11.5 Å². The molecule has 0 aromatic carbocycles. The fourth-order valence-electron chi connectivity index (χ4n) is 2.29. The molecule has 0 aliphatic heterocycles. The second-order valence-electron chi connectivity index (χ2n) is 4.70. The third kappa shape index (κ3) is 2.62. The second-order valence-corrected chi connectivity index (χ2v) is 5.08. The third-order valence-corrected chi connectivity index (χ3v) is 3.53. The minimum atomic E-state index is 0.131. The maximum atomic E-state index is 5.88. The van der Waals surface area contributed by atoms with Crippen LogP contribution in [0.4, 0.5) is 0 Å². The molecule has 19 heavy (non-hydrogen) atoms. The van der Waals surface area contributed by atoms with Gasteiger partial charge < -0.3 is 9.30 Å². The first-order valence-corrected chi connectivity index (χ1v) is 7.17. The third-order valence-electron chi connectivity index (χ3n) is 3.34. The van der Waals surface area contributed by atoms with Gasteiger partial charge in [0.1, 0.15) is 11.3 Å². The average Bonchev–Trinajstić information content (AvgIpc) is 2.89. The van der Waals surface area contributed by atoms with Crippen LogP contribution in [-0.2, 0) is 24.2 Å². The summed E-state index contributed by atoms with van der Waals surface area (Å²) in [4.78, 5) is 4.70. The molecule has 0 N–H and O–H groups in total. The van der Waals surface area contributed by atoms with Crippen LogP contribution in [0, 0.1) is 6.92 Å². The average molecular weight is 285 g/mol. The molecule has 0 spiro atoms. The molecule has 0 bridgehead atoms. The SMILES string of the molecule is CCn1nc(C)c2nc(CCCl)n(CC(C)OC)c21. The summed E-state index contributed by atoms with van der Waals surface area (Å²) in [6, 6.07) is 0. The first-order valence-electron chi connectivity index (χ1n) is 6.63. The van der Waals surface area contributed by atoms with E-state index in [1.165, 1.54) is 0 Å². The monoisotopic (exact) mass is 284 g/mol.